The summed E-state index contributed by atoms with van der Waals surface area (Å²) in [7, 11) is 0. The topological polar surface area (TPSA) is 123 Å². The van der Waals surface area contributed by atoms with Crippen LogP contribution in [0.3, 0.4) is 0 Å². The van der Waals surface area contributed by atoms with Crippen LogP contribution < -0.4 is 10.5 Å². The third kappa shape index (κ3) is 7.18. The monoisotopic (exact) mass is 802 g/mol. The van der Waals surface area contributed by atoms with Gasteiger partial charge >= 0.3 is 12.3 Å². The van der Waals surface area contributed by atoms with Crippen molar-refractivity contribution in [2.75, 3.05) is 31.2 Å². The molecule has 1 amide bonds. The van der Waals surface area contributed by atoms with E-state index in [1.165, 1.54) is 22.2 Å². The normalized spacial score (nSPS) is 25.2. The summed E-state index contributed by atoms with van der Waals surface area (Å²) in [6, 6.07) is 11.0. The molecule has 0 unspecified atom stereocenters. The van der Waals surface area contributed by atoms with Crippen LogP contribution >= 0.6 is 11.3 Å². The minimum atomic E-state index is -4.44. The Hall–Kier alpha value is -4.52. The lowest BCUT2D eigenvalue weighted by atomic mass is 9.90. The summed E-state index contributed by atoms with van der Waals surface area (Å²) in [6.07, 6.45) is 2.27. The molecule has 0 spiro atoms. The fourth-order valence-electron chi connectivity index (χ4n) is 9.02. The number of likely N-dealkylation sites (tertiary alicyclic amines) is 1. The first-order chi connectivity index (χ1) is 27.2. The number of hydrogen-bond donors (Lipinski definition) is 0. The molecule has 15 heteroatoms. The number of fused-ring (bicyclic) bond motifs is 4. The van der Waals surface area contributed by atoms with E-state index in [1.807, 2.05) is 49.9 Å². The molecule has 0 radical (unpaired) electrons. The number of alkyl halides is 3. The predicted molar refractivity (Wildman–Crippen MR) is 207 cm³/mol. The predicted octanol–water partition coefficient (Wildman–Crippen LogP) is 7.88. The molecule has 9 rings (SSSR count). The lowest BCUT2D eigenvalue weighted by Crippen LogP contribution is -2.44. The van der Waals surface area contributed by atoms with Crippen LogP contribution in [0, 0.1) is 17.2 Å². The maximum atomic E-state index is 13.8. The summed E-state index contributed by atoms with van der Waals surface area (Å²) in [5.74, 6) is 0.771. The van der Waals surface area contributed by atoms with Crippen molar-refractivity contribution < 1.29 is 32.2 Å². The summed E-state index contributed by atoms with van der Waals surface area (Å²) < 4.78 is 61.4. The van der Waals surface area contributed by atoms with E-state index < -0.39 is 22.8 Å². The van der Waals surface area contributed by atoms with Crippen molar-refractivity contribution in [3.63, 3.8) is 0 Å². The highest BCUT2D eigenvalue weighted by atomic mass is 32.1. The summed E-state index contributed by atoms with van der Waals surface area (Å²) in [6.45, 7) is 7.93. The van der Waals surface area contributed by atoms with Gasteiger partial charge in [0, 0.05) is 59.7 Å². The maximum Gasteiger partial charge on any atom is 0.410 e. The Morgan fingerprint density at radius 2 is 1.93 bits per heavy atom. The van der Waals surface area contributed by atoms with Gasteiger partial charge in [0.1, 0.15) is 5.60 Å². The standard InChI is InChI=1S/C42H45F3N6O5S/c1-40(2,3)56-39(53)50-21-27(16-28(50)23-55-36-6-4-5-11-54-36)49-20-25-14-31(25)33-13-24(18-46)12-32(37(33)49)30-7-10-47-34-17-29(57-38(30)34)22-51-35(52)15-26(19-48-51)41(8-9-41)42(43,44)45/h7,10,12-13,15,17,19,25,27-28,31,36H,4-6,8-9,11,14,16,20-23H2,1-3H3/t25-,27+,28+,31+,36+/m1/s1. The van der Waals surface area contributed by atoms with Crippen LogP contribution in [0.2, 0.25) is 0 Å². The van der Waals surface area contributed by atoms with E-state index in [-0.39, 0.29) is 49.4 Å². The Labute approximate surface area is 332 Å². The largest absolute Gasteiger partial charge is 0.444 e. The van der Waals surface area contributed by atoms with Crippen molar-refractivity contribution in [1.82, 2.24) is 19.7 Å². The van der Waals surface area contributed by atoms with Gasteiger partial charge in [-0.3, -0.25) is 9.78 Å². The van der Waals surface area contributed by atoms with Crippen LogP contribution in [0.1, 0.15) is 93.2 Å². The number of anilines is 1. The third-order valence-electron chi connectivity index (χ3n) is 12.2. The highest BCUT2D eigenvalue weighted by Crippen LogP contribution is 2.59. The number of carbonyl (C=O) groups is 1. The van der Waals surface area contributed by atoms with Crippen LogP contribution in [0.5, 0.6) is 0 Å². The van der Waals surface area contributed by atoms with Crippen LogP contribution in [-0.4, -0.2) is 82.2 Å². The number of rotatable bonds is 8. The SMILES string of the molecule is CC(C)(C)OC(=O)N1C[C@@H](N2C[C@H]3C[C@@H]3c3cc(C#N)cc(-c4ccnc5cc(Cn6ncc(C7(C(F)(F)F)CC7)cc6=O)sc45)c32)C[C@H]1CO[C@H]1CCCCO1. The van der Waals surface area contributed by atoms with Crippen molar-refractivity contribution in [2.45, 2.75) is 114 Å². The average Bonchev–Trinajstić information content (AvgIpc) is 4.07. The fraction of sp³-hybridized carbons (Fsp3) is 0.548. The van der Waals surface area contributed by atoms with E-state index in [2.05, 4.69) is 21.1 Å². The van der Waals surface area contributed by atoms with Crippen molar-refractivity contribution in [1.29, 1.82) is 5.26 Å². The Kier molecular flexibility index (Phi) is 9.40. The summed E-state index contributed by atoms with van der Waals surface area (Å²) in [5.41, 5.74) is 1.90. The van der Waals surface area contributed by atoms with E-state index in [9.17, 15) is 28.0 Å². The van der Waals surface area contributed by atoms with Gasteiger partial charge in [0.15, 0.2) is 6.29 Å². The molecule has 11 nitrogen and oxygen atoms in total. The first kappa shape index (κ1) is 38.0. The van der Waals surface area contributed by atoms with Gasteiger partial charge in [-0.1, -0.05) is 0 Å². The van der Waals surface area contributed by atoms with Crippen molar-refractivity contribution in [3.8, 4) is 17.2 Å². The zero-order valence-corrected chi connectivity index (χ0v) is 33.0. The molecule has 5 atom stereocenters. The molecule has 4 aromatic rings. The molecule has 0 bridgehead atoms. The molecule has 6 heterocycles. The number of carbonyl (C=O) groups excluding carboxylic acids is 1. The number of aromatic nitrogens is 3. The number of nitriles is 1. The average molecular weight is 803 g/mol. The van der Waals surface area contributed by atoms with Gasteiger partial charge < -0.3 is 24.0 Å². The van der Waals surface area contributed by atoms with Crippen molar-refractivity contribution >= 4 is 33.3 Å². The minimum absolute atomic E-state index is 0.0461. The van der Waals surface area contributed by atoms with Crippen LogP contribution in [0.25, 0.3) is 21.3 Å². The second kappa shape index (κ2) is 14.1. The van der Waals surface area contributed by atoms with Gasteiger partial charge in [0.05, 0.1) is 52.7 Å². The third-order valence-corrected chi connectivity index (χ3v) is 13.3. The van der Waals surface area contributed by atoms with Crippen molar-refractivity contribution in [3.05, 3.63) is 74.6 Å². The molecule has 0 N–H and O–H groups in total. The first-order valence-corrected chi connectivity index (χ1v) is 20.6. The van der Waals surface area contributed by atoms with Crippen LogP contribution in [0.4, 0.5) is 23.7 Å². The molecule has 300 valence electrons. The molecule has 2 aliphatic carbocycles. The molecule has 1 aromatic carbocycles. The van der Waals surface area contributed by atoms with Gasteiger partial charge in [0.25, 0.3) is 5.56 Å². The van der Waals surface area contributed by atoms with Crippen molar-refractivity contribution in [2.24, 2.45) is 5.92 Å². The second-order valence-corrected chi connectivity index (χ2v) is 18.4. The van der Waals surface area contributed by atoms with E-state index >= 15 is 0 Å². The second-order valence-electron chi connectivity index (χ2n) is 17.2. The Morgan fingerprint density at radius 3 is 2.63 bits per heavy atom. The number of nitrogens with zero attached hydrogens (tertiary/aromatic N) is 6. The number of pyridine rings is 1. The lowest BCUT2D eigenvalue weighted by Gasteiger charge is -2.38. The fourth-order valence-corrected chi connectivity index (χ4v) is 10.1. The Bertz CT molecular complexity index is 2320. The summed E-state index contributed by atoms with van der Waals surface area (Å²) in [4.78, 5) is 36.5. The Morgan fingerprint density at radius 1 is 1.11 bits per heavy atom. The van der Waals surface area contributed by atoms with E-state index in [1.54, 1.807) is 6.20 Å². The molecular formula is C42H45F3N6O5S. The number of benzene rings is 1. The van der Waals surface area contributed by atoms with Gasteiger partial charge in [-0.15, -0.1) is 11.3 Å². The number of hydrogen-bond acceptors (Lipinski definition) is 10. The van der Waals surface area contributed by atoms with Gasteiger partial charge in [-0.05, 0) is 113 Å². The molecule has 3 aliphatic heterocycles. The smallest absolute Gasteiger partial charge is 0.410 e. The lowest BCUT2D eigenvalue weighted by molar-refractivity contribution is -0.168. The molecular weight excluding hydrogens is 758 g/mol. The summed E-state index contributed by atoms with van der Waals surface area (Å²) >= 11 is 1.45. The zero-order chi connectivity index (χ0) is 39.9. The number of thiophene rings is 1. The van der Waals surface area contributed by atoms with Gasteiger partial charge in [-0.25, -0.2) is 9.48 Å². The number of halogens is 3. The number of amides is 1. The molecule has 2 saturated heterocycles. The quantitative estimate of drug-likeness (QED) is 0.175. The molecule has 4 fully saturated rings. The van der Waals surface area contributed by atoms with Gasteiger partial charge in [-0.2, -0.15) is 23.5 Å². The minimum Gasteiger partial charge on any atom is -0.444 e. The summed E-state index contributed by atoms with van der Waals surface area (Å²) in [5, 5.41) is 14.4. The van der Waals surface area contributed by atoms with Gasteiger partial charge in [0.2, 0.25) is 0 Å². The van der Waals surface area contributed by atoms with E-state index in [0.29, 0.717) is 49.1 Å². The maximum absolute atomic E-state index is 13.8. The van der Waals surface area contributed by atoms with Crippen LogP contribution in [0.15, 0.2) is 47.5 Å². The number of ether oxygens (including phenoxy) is 3. The molecule has 5 aliphatic rings. The Balaban J connectivity index is 1.05. The molecule has 57 heavy (non-hydrogen) atoms. The van der Waals surface area contributed by atoms with E-state index in [0.717, 1.165) is 70.2 Å². The highest BCUT2D eigenvalue weighted by Gasteiger charge is 2.64. The molecule has 2 saturated carbocycles. The molecule has 3 aromatic heterocycles. The van der Waals surface area contributed by atoms with Crippen LogP contribution in [-0.2, 0) is 26.2 Å². The zero-order valence-electron chi connectivity index (χ0n) is 32.2. The highest BCUT2D eigenvalue weighted by molar-refractivity contribution is 7.19. The van der Waals surface area contributed by atoms with E-state index in [4.69, 9.17) is 14.2 Å². The first-order valence-electron chi connectivity index (χ1n) is 19.8.